The molecule has 0 aliphatic rings. The molecule has 0 saturated heterocycles. The van der Waals surface area contributed by atoms with Crippen molar-refractivity contribution in [3.05, 3.63) is 57.8 Å². The van der Waals surface area contributed by atoms with E-state index in [1.807, 2.05) is 50.1 Å². The van der Waals surface area contributed by atoms with Crippen molar-refractivity contribution in [2.45, 2.75) is 27.1 Å². The first-order valence-corrected chi connectivity index (χ1v) is 7.11. The molecule has 0 amide bonds. The number of rotatable bonds is 4. The van der Waals surface area contributed by atoms with Gasteiger partial charge in [-0.2, -0.15) is 5.10 Å². The van der Waals surface area contributed by atoms with Crippen molar-refractivity contribution < 1.29 is 4.52 Å². The van der Waals surface area contributed by atoms with E-state index in [1.165, 1.54) is 4.68 Å². The standard InChI is InChI=1S/C16H18N4O2/c1-11-15(12(2)22-18-11)9-19(3)10-20-16(21)14-7-5-4-6-13(14)8-17-20/h4-8H,9-10H2,1-3H3. The summed E-state index contributed by atoms with van der Waals surface area (Å²) in [7, 11) is 1.94. The van der Waals surface area contributed by atoms with Crippen LogP contribution in [0.1, 0.15) is 17.0 Å². The molecule has 3 aromatic rings. The van der Waals surface area contributed by atoms with Crippen molar-refractivity contribution in [3.63, 3.8) is 0 Å². The normalized spacial score (nSPS) is 11.5. The third-order valence-electron chi connectivity index (χ3n) is 3.75. The second-order valence-electron chi connectivity index (χ2n) is 5.49. The van der Waals surface area contributed by atoms with Gasteiger partial charge in [0.2, 0.25) is 0 Å². The van der Waals surface area contributed by atoms with E-state index in [9.17, 15) is 4.79 Å². The Morgan fingerprint density at radius 2 is 2.05 bits per heavy atom. The maximum absolute atomic E-state index is 12.4. The number of hydrogen-bond acceptors (Lipinski definition) is 5. The molecule has 0 aliphatic heterocycles. The summed E-state index contributed by atoms with van der Waals surface area (Å²) in [6, 6.07) is 7.48. The Bertz CT molecular complexity index is 846. The summed E-state index contributed by atoms with van der Waals surface area (Å²) < 4.78 is 6.64. The average Bonchev–Trinajstić information content (AvgIpc) is 2.82. The van der Waals surface area contributed by atoms with Gasteiger partial charge in [-0.05, 0) is 27.0 Å². The zero-order chi connectivity index (χ0) is 15.7. The van der Waals surface area contributed by atoms with E-state index in [1.54, 1.807) is 6.20 Å². The van der Waals surface area contributed by atoms with E-state index < -0.39 is 0 Å². The first-order valence-electron chi connectivity index (χ1n) is 7.11. The maximum Gasteiger partial charge on any atom is 0.275 e. The summed E-state index contributed by atoms with van der Waals surface area (Å²) in [6.45, 7) is 4.87. The summed E-state index contributed by atoms with van der Waals surface area (Å²) in [6.07, 6.45) is 1.72. The minimum absolute atomic E-state index is 0.0799. The lowest BCUT2D eigenvalue weighted by atomic mass is 10.2. The van der Waals surface area contributed by atoms with E-state index >= 15 is 0 Å². The molecule has 0 fully saturated rings. The van der Waals surface area contributed by atoms with Crippen LogP contribution in [0.15, 0.2) is 39.8 Å². The molecule has 0 spiro atoms. The predicted octanol–water partition coefficient (Wildman–Crippen LogP) is 2.09. The molecule has 2 heterocycles. The van der Waals surface area contributed by atoms with Crippen LogP contribution in [0.4, 0.5) is 0 Å². The third kappa shape index (κ3) is 2.65. The summed E-state index contributed by atoms with van der Waals surface area (Å²) >= 11 is 0. The highest BCUT2D eigenvalue weighted by Crippen LogP contribution is 2.14. The van der Waals surface area contributed by atoms with Gasteiger partial charge in [-0.25, -0.2) is 4.68 Å². The van der Waals surface area contributed by atoms with Crippen LogP contribution in [0, 0.1) is 13.8 Å². The van der Waals surface area contributed by atoms with Gasteiger partial charge in [-0.1, -0.05) is 23.4 Å². The SMILES string of the molecule is Cc1noc(C)c1CN(C)Cn1ncc2ccccc2c1=O. The van der Waals surface area contributed by atoms with Crippen molar-refractivity contribution in [1.82, 2.24) is 19.8 Å². The largest absolute Gasteiger partial charge is 0.361 e. The molecule has 0 radical (unpaired) electrons. The van der Waals surface area contributed by atoms with Gasteiger partial charge in [-0.3, -0.25) is 9.69 Å². The molecule has 6 heteroatoms. The smallest absolute Gasteiger partial charge is 0.275 e. The fraction of sp³-hybridized carbons (Fsp3) is 0.312. The van der Waals surface area contributed by atoms with Crippen molar-refractivity contribution in [1.29, 1.82) is 0 Å². The predicted molar refractivity (Wildman–Crippen MR) is 83.4 cm³/mol. The fourth-order valence-electron chi connectivity index (χ4n) is 2.50. The van der Waals surface area contributed by atoms with Gasteiger partial charge in [-0.15, -0.1) is 0 Å². The van der Waals surface area contributed by atoms with Crippen LogP contribution in [0.3, 0.4) is 0 Å². The first-order chi connectivity index (χ1) is 10.6. The number of benzene rings is 1. The molecule has 0 N–H and O–H groups in total. The lowest BCUT2D eigenvalue weighted by Gasteiger charge is -2.17. The van der Waals surface area contributed by atoms with E-state index in [-0.39, 0.29) is 5.56 Å². The van der Waals surface area contributed by atoms with Crippen LogP contribution in [0.5, 0.6) is 0 Å². The van der Waals surface area contributed by atoms with Crippen LogP contribution in [0.2, 0.25) is 0 Å². The van der Waals surface area contributed by atoms with Crippen LogP contribution >= 0.6 is 0 Å². The van der Waals surface area contributed by atoms with Gasteiger partial charge in [0.15, 0.2) is 0 Å². The van der Waals surface area contributed by atoms with Crippen LogP contribution in [-0.4, -0.2) is 26.9 Å². The van der Waals surface area contributed by atoms with E-state index in [4.69, 9.17) is 4.52 Å². The molecule has 0 bridgehead atoms. The van der Waals surface area contributed by atoms with Crippen molar-refractivity contribution >= 4 is 10.8 Å². The van der Waals surface area contributed by atoms with Crippen LogP contribution < -0.4 is 5.56 Å². The lowest BCUT2D eigenvalue weighted by Crippen LogP contribution is -2.31. The Hall–Kier alpha value is -2.47. The molecule has 1 aromatic carbocycles. The highest BCUT2D eigenvalue weighted by molar-refractivity contribution is 5.80. The molecule has 114 valence electrons. The number of fused-ring (bicyclic) bond motifs is 1. The number of aromatic nitrogens is 3. The Balaban J connectivity index is 1.84. The summed E-state index contributed by atoms with van der Waals surface area (Å²) in [5, 5.41) is 9.73. The summed E-state index contributed by atoms with van der Waals surface area (Å²) in [4.78, 5) is 14.5. The topological polar surface area (TPSA) is 64.2 Å². The van der Waals surface area contributed by atoms with Crippen molar-refractivity contribution in [3.8, 4) is 0 Å². The number of nitrogens with zero attached hydrogens (tertiary/aromatic N) is 4. The summed E-state index contributed by atoms with van der Waals surface area (Å²) in [5.74, 6) is 0.808. The Labute approximate surface area is 127 Å². The van der Waals surface area contributed by atoms with E-state index in [0.29, 0.717) is 18.6 Å². The van der Waals surface area contributed by atoms with Gasteiger partial charge >= 0.3 is 0 Å². The quantitative estimate of drug-likeness (QED) is 0.738. The molecule has 22 heavy (non-hydrogen) atoms. The Morgan fingerprint density at radius 1 is 1.27 bits per heavy atom. The van der Waals surface area contributed by atoms with Gasteiger partial charge in [0.05, 0.1) is 23.9 Å². The maximum atomic E-state index is 12.4. The fourth-order valence-corrected chi connectivity index (χ4v) is 2.50. The second kappa shape index (κ2) is 5.73. The van der Waals surface area contributed by atoms with Crippen molar-refractivity contribution in [2.24, 2.45) is 0 Å². The Kier molecular flexibility index (Phi) is 3.77. The van der Waals surface area contributed by atoms with Crippen LogP contribution in [-0.2, 0) is 13.2 Å². The molecule has 3 rings (SSSR count). The molecule has 0 aliphatic carbocycles. The highest BCUT2D eigenvalue weighted by atomic mass is 16.5. The molecule has 0 unspecified atom stereocenters. The molecular weight excluding hydrogens is 280 g/mol. The minimum atomic E-state index is -0.0799. The number of aryl methyl sites for hydroxylation is 2. The van der Waals surface area contributed by atoms with E-state index in [0.717, 1.165) is 22.4 Å². The first kappa shape index (κ1) is 14.5. The number of hydrogen-bond donors (Lipinski definition) is 0. The monoisotopic (exact) mass is 298 g/mol. The molecule has 6 nitrogen and oxygen atoms in total. The van der Waals surface area contributed by atoms with Crippen LogP contribution in [0.25, 0.3) is 10.8 Å². The average molecular weight is 298 g/mol. The van der Waals surface area contributed by atoms with Gasteiger partial charge < -0.3 is 4.52 Å². The molecule has 0 atom stereocenters. The zero-order valence-electron chi connectivity index (χ0n) is 12.9. The molecule has 0 saturated carbocycles. The lowest BCUT2D eigenvalue weighted by molar-refractivity contribution is 0.239. The van der Waals surface area contributed by atoms with Gasteiger partial charge in [0.1, 0.15) is 5.76 Å². The third-order valence-corrected chi connectivity index (χ3v) is 3.75. The van der Waals surface area contributed by atoms with Gasteiger partial charge in [0, 0.05) is 17.5 Å². The minimum Gasteiger partial charge on any atom is -0.361 e. The second-order valence-corrected chi connectivity index (χ2v) is 5.49. The molecule has 2 aromatic heterocycles. The van der Waals surface area contributed by atoms with Crippen molar-refractivity contribution in [2.75, 3.05) is 7.05 Å². The summed E-state index contributed by atoms with van der Waals surface area (Å²) in [5.41, 5.74) is 1.85. The Morgan fingerprint density at radius 3 is 2.77 bits per heavy atom. The highest BCUT2D eigenvalue weighted by Gasteiger charge is 2.12. The molecular formula is C16H18N4O2. The van der Waals surface area contributed by atoms with E-state index in [2.05, 4.69) is 10.3 Å². The zero-order valence-corrected chi connectivity index (χ0v) is 12.9. The van der Waals surface area contributed by atoms with Gasteiger partial charge in [0.25, 0.3) is 5.56 Å².